The molecule has 0 fully saturated rings. The molecule has 0 aliphatic heterocycles. The number of hydrogen-bond acceptors (Lipinski definition) is 3. The zero-order valence-electron chi connectivity index (χ0n) is 24.9. The molecular weight excluding hydrogens is 558 g/mol. The van der Waals surface area contributed by atoms with Gasteiger partial charge in [0.2, 0.25) is 0 Å². The van der Waals surface area contributed by atoms with E-state index in [2.05, 4.69) is 140 Å². The highest BCUT2D eigenvalue weighted by atomic mass is 14.7. The van der Waals surface area contributed by atoms with Gasteiger partial charge in [-0.2, -0.15) is 0 Å². The minimum atomic E-state index is 0.883. The first-order valence-electron chi connectivity index (χ1n) is 15.5. The molecule has 0 saturated carbocycles. The van der Waals surface area contributed by atoms with Crippen molar-refractivity contribution < 1.29 is 0 Å². The van der Waals surface area contributed by atoms with Crippen molar-refractivity contribution in [2.24, 2.45) is 0 Å². The van der Waals surface area contributed by atoms with E-state index in [4.69, 9.17) is 15.0 Å². The van der Waals surface area contributed by atoms with Gasteiger partial charge in [0, 0.05) is 34.3 Å². The predicted molar refractivity (Wildman–Crippen MR) is 192 cm³/mol. The number of pyridine rings is 3. The van der Waals surface area contributed by atoms with Gasteiger partial charge in [-0.15, -0.1) is 0 Å². The maximum absolute atomic E-state index is 5.25. The Bertz CT molecular complexity index is 2420. The molecule has 0 aliphatic carbocycles. The summed E-state index contributed by atoms with van der Waals surface area (Å²) in [5.74, 6) is 0. The summed E-state index contributed by atoms with van der Waals surface area (Å²) >= 11 is 0. The van der Waals surface area contributed by atoms with Gasteiger partial charge in [-0.25, -0.2) is 4.98 Å². The summed E-state index contributed by atoms with van der Waals surface area (Å²) in [5.41, 5.74) is 10.3. The Labute approximate surface area is 266 Å². The third-order valence-corrected chi connectivity index (χ3v) is 8.92. The molecule has 214 valence electrons. The van der Waals surface area contributed by atoms with Crippen LogP contribution in [-0.2, 0) is 0 Å². The number of hydrogen-bond donors (Lipinski definition) is 0. The fourth-order valence-corrected chi connectivity index (χ4v) is 6.75. The molecule has 9 aromatic rings. The standard InChI is InChI=1S/C43H27N3/c1-3-15-35-32(9-1)25-33-10-2-4-16-36(33)41(35)29-21-19-28(20-22-29)34-26-39(37-17-5-11-30-13-7-23-44-42(30)37)46-40(27-34)38-18-6-12-31-14-8-24-45-43(31)38/h1-27H. The van der Waals surface area contributed by atoms with Gasteiger partial charge in [-0.05, 0) is 74.1 Å². The molecule has 0 amide bonds. The Morgan fingerprint density at radius 1 is 0.348 bits per heavy atom. The average Bonchev–Trinajstić information content (AvgIpc) is 3.13. The SMILES string of the molecule is c1ccc2c(-c3ccc(-c4cc(-c5cccc6cccnc56)nc(-c5cccc6cccnc56)c4)cc3)c3ccccc3cc2c1. The summed E-state index contributed by atoms with van der Waals surface area (Å²) in [6.45, 7) is 0. The third kappa shape index (κ3) is 4.41. The van der Waals surface area contributed by atoms with E-state index in [1.165, 1.54) is 32.7 Å². The molecule has 0 bridgehead atoms. The summed E-state index contributed by atoms with van der Waals surface area (Å²) in [6, 6.07) is 53.7. The fraction of sp³-hybridized carbons (Fsp3) is 0. The molecular formula is C43H27N3. The molecule has 0 unspecified atom stereocenters. The molecule has 9 rings (SSSR count). The highest BCUT2D eigenvalue weighted by Crippen LogP contribution is 2.39. The molecule has 0 N–H and O–H groups in total. The average molecular weight is 586 g/mol. The van der Waals surface area contributed by atoms with Gasteiger partial charge >= 0.3 is 0 Å². The van der Waals surface area contributed by atoms with Crippen LogP contribution in [0.4, 0.5) is 0 Å². The molecule has 3 aromatic heterocycles. The second kappa shape index (κ2) is 10.8. The molecule has 3 nitrogen and oxygen atoms in total. The van der Waals surface area contributed by atoms with E-state index in [9.17, 15) is 0 Å². The minimum absolute atomic E-state index is 0.883. The first-order valence-corrected chi connectivity index (χ1v) is 15.5. The maximum atomic E-state index is 5.25. The van der Waals surface area contributed by atoms with E-state index in [1.54, 1.807) is 0 Å². The quantitative estimate of drug-likeness (QED) is 0.193. The summed E-state index contributed by atoms with van der Waals surface area (Å²) in [4.78, 5) is 14.8. The lowest BCUT2D eigenvalue weighted by Crippen LogP contribution is -1.94. The molecule has 0 aliphatic rings. The summed E-state index contributed by atoms with van der Waals surface area (Å²) in [5, 5.41) is 7.19. The zero-order chi connectivity index (χ0) is 30.5. The first-order chi connectivity index (χ1) is 22.8. The number of benzene rings is 6. The largest absolute Gasteiger partial charge is 0.256 e. The number of fused-ring (bicyclic) bond motifs is 4. The van der Waals surface area contributed by atoms with Crippen LogP contribution in [0.15, 0.2) is 164 Å². The van der Waals surface area contributed by atoms with Crippen molar-refractivity contribution >= 4 is 43.4 Å². The van der Waals surface area contributed by atoms with Crippen molar-refractivity contribution in [1.29, 1.82) is 0 Å². The van der Waals surface area contributed by atoms with Gasteiger partial charge in [0.1, 0.15) is 0 Å². The van der Waals surface area contributed by atoms with Crippen LogP contribution < -0.4 is 0 Å². The Morgan fingerprint density at radius 3 is 1.39 bits per heavy atom. The predicted octanol–water partition coefficient (Wildman–Crippen LogP) is 11.2. The number of nitrogens with zero attached hydrogens (tertiary/aromatic N) is 3. The van der Waals surface area contributed by atoms with Gasteiger partial charge in [0.05, 0.1) is 22.4 Å². The second-order valence-electron chi connectivity index (χ2n) is 11.7. The van der Waals surface area contributed by atoms with Gasteiger partial charge < -0.3 is 0 Å². The van der Waals surface area contributed by atoms with Crippen LogP contribution in [0.1, 0.15) is 0 Å². The summed E-state index contributed by atoms with van der Waals surface area (Å²) in [7, 11) is 0. The van der Waals surface area contributed by atoms with Crippen molar-refractivity contribution in [3.05, 3.63) is 164 Å². The van der Waals surface area contributed by atoms with Crippen molar-refractivity contribution in [1.82, 2.24) is 15.0 Å². The molecule has 0 saturated heterocycles. The Hall–Kier alpha value is -6.19. The highest BCUT2D eigenvalue weighted by Gasteiger charge is 2.15. The molecule has 3 heterocycles. The van der Waals surface area contributed by atoms with Gasteiger partial charge in [0.25, 0.3) is 0 Å². The number of rotatable bonds is 4. The van der Waals surface area contributed by atoms with Gasteiger partial charge in [-0.3, -0.25) is 9.97 Å². The lowest BCUT2D eigenvalue weighted by Gasteiger charge is -2.14. The van der Waals surface area contributed by atoms with E-state index in [-0.39, 0.29) is 0 Å². The van der Waals surface area contributed by atoms with E-state index in [1.807, 2.05) is 24.5 Å². The number of aromatic nitrogens is 3. The van der Waals surface area contributed by atoms with Crippen LogP contribution >= 0.6 is 0 Å². The lowest BCUT2D eigenvalue weighted by molar-refractivity contribution is 1.31. The topological polar surface area (TPSA) is 38.7 Å². The van der Waals surface area contributed by atoms with Gasteiger partial charge in [-0.1, -0.05) is 121 Å². The van der Waals surface area contributed by atoms with Crippen LogP contribution in [0.2, 0.25) is 0 Å². The lowest BCUT2D eigenvalue weighted by atomic mass is 9.91. The van der Waals surface area contributed by atoms with E-state index >= 15 is 0 Å². The summed E-state index contributed by atoms with van der Waals surface area (Å²) < 4.78 is 0. The van der Waals surface area contributed by atoms with Crippen molar-refractivity contribution in [3.63, 3.8) is 0 Å². The summed E-state index contributed by atoms with van der Waals surface area (Å²) in [6.07, 6.45) is 3.70. The zero-order valence-corrected chi connectivity index (χ0v) is 24.9. The van der Waals surface area contributed by atoms with Crippen LogP contribution in [0, 0.1) is 0 Å². The van der Waals surface area contributed by atoms with Crippen molar-refractivity contribution in [2.45, 2.75) is 0 Å². The van der Waals surface area contributed by atoms with Crippen LogP contribution in [0.5, 0.6) is 0 Å². The van der Waals surface area contributed by atoms with E-state index < -0.39 is 0 Å². The van der Waals surface area contributed by atoms with E-state index in [0.29, 0.717) is 0 Å². The second-order valence-corrected chi connectivity index (χ2v) is 11.7. The molecule has 3 heteroatoms. The molecule has 46 heavy (non-hydrogen) atoms. The minimum Gasteiger partial charge on any atom is -0.256 e. The van der Waals surface area contributed by atoms with Crippen LogP contribution in [0.25, 0.3) is 88.1 Å². The Morgan fingerprint density at radius 2 is 0.826 bits per heavy atom. The molecule has 6 aromatic carbocycles. The van der Waals surface area contributed by atoms with Gasteiger partial charge in [0.15, 0.2) is 0 Å². The van der Waals surface area contributed by atoms with Crippen molar-refractivity contribution in [3.8, 4) is 44.8 Å². The highest BCUT2D eigenvalue weighted by molar-refractivity contribution is 6.12. The fourth-order valence-electron chi connectivity index (χ4n) is 6.75. The molecule has 0 atom stereocenters. The third-order valence-electron chi connectivity index (χ3n) is 8.92. The van der Waals surface area contributed by atoms with E-state index in [0.717, 1.165) is 55.4 Å². The first kappa shape index (κ1) is 26.2. The van der Waals surface area contributed by atoms with Crippen molar-refractivity contribution in [2.75, 3.05) is 0 Å². The van der Waals surface area contributed by atoms with Crippen LogP contribution in [-0.4, -0.2) is 15.0 Å². The number of para-hydroxylation sites is 2. The monoisotopic (exact) mass is 585 g/mol. The normalized spacial score (nSPS) is 11.5. The van der Waals surface area contributed by atoms with Crippen LogP contribution in [0.3, 0.4) is 0 Å². The Balaban J connectivity index is 1.25. The molecule has 0 spiro atoms. The molecule has 0 radical (unpaired) electrons. The smallest absolute Gasteiger partial charge is 0.0795 e. The maximum Gasteiger partial charge on any atom is 0.0795 e. The Kier molecular flexibility index (Phi) is 6.14.